The number of nitrogens with one attached hydrogen (secondary N) is 2. The van der Waals surface area contributed by atoms with Crippen LogP contribution < -0.4 is 15.4 Å². The standard InChI is InChI=1S/C30H32N2O3S/c1-21-14-24(29-12-7-13-36-29)18-25(15-21)30(34)32-27(17-22-8-4-3-5-9-22)28(33)20-31-19-23-10-6-11-26(16-23)35-2/h3-16,18,27-28,31,33H,17,19-20H2,1-2H3,(H,32,34). The maximum atomic E-state index is 13.3. The first-order valence-corrected chi connectivity index (χ1v) is 12.9. The number of aliphatic hydroxyl groups excluding tert-OH is 1. The number of thiophene rings is 1. The third kappa shape index (κ3) is 7.04. The lowest BCUT2D eigenvalue weighted by atomic mass is 9.99. The van der Waals surface area contributed by atoms with E-state index in [0.29, 0.717) is 25.1 Å². The van der Waals surface area contributed by atoms with Gasteiger partial charge in [0.05, 0.1) is 19.3 Å². The van der Waals surface area contributed by atoms with Crippen molar-refractivity contribution in [2.45, 2.75) is 32.0 Å². The summed E-state index contributed by atoms with van der Waals surface area (Å²) >= 11 is 1.65. The number of carbonyl (C=O) groups is 1. The molecule has 4 aromatic rings. The zero-order valence-corrected chi connectivity index (χ0v) is 21.4. The van der Waals surface area contributed by atoms with E-state index in [-0.39, 0.29) is 5.91 Å². The molecule has 0 aliphatic carbocycles. The topological polar surface area (TPSA) is 70.6 Å². The number of carbonyl (C=O) groups excluding carboxylic acids is 1. The first-order chi connectivity index (χ1) is 17.5. The van der Waals surface area contributed by atoms with E-state index in [1.807, 2.05) is 85.1 Å². The molecule has 1 aromatic heterocycles. The van der Waals surface area contributed by atoms with Crippen molar-refractivity contribution >= 4 is 17.2 Å². The molecular weight excluding hydrogens is 468 g/mol. The molecular formula is C30H32N2O3S. The van der Waals surface area contributed by atoms with Crippen molar-refractivity contribution in [3.05, 3.63) is 113 Å². The number of aliphatic hydroxyl groups is 1. The highest BCUT2D eigenvalue weighted by atomic mass is 32.1. The first kappa shape index (κ1) is 25.6. The lowest BCUT2D eigenvalue weighted by Crippen LogP contribution is -2.48. The molecule has 1 heterocycles. The number of ether oxygens (including phenoxy) is 1. The SMILES string of the molecule is COc1cccc(CNCC(O)C(Cc2ccccc2)NC(=O)c2cc(C)cc(-c3cccs3)c2)c1. The molecule has 1 amide bonds. The summed E-state index contributed by atoms with van der Waals surface area (Å²) in [5, 5.41) is 19.5. The number of rotatable bonds is 11. The molecule has 186 valence electrons. The molecule has 0 fully saturated rings. The van der Waals surface area contributed by atoms with Crippen molar-refractivity contribution in [3.63, 3.8) is 0 Å². The zero-order chi connectivity index (χ0) is 25.3. The summed E-state index contributed by atoms with van der Waals surface area (Å²) in [6.07, 6.45) is -0.251. The second-order valence-electron chi connectivity index (χ2n) is 8.88. The monoisotopic (exact) mass is 500 g/mol. The van der Waals surface area contributed by atoms with Crippen LogP contribution in [0, 0.1) is 6.92 Å². The Hall–Kier alpha value is -3.45. The fourth-order valence-electron chi connectivity index (χ4n) is 4.19. The van der Waals surface area contributed by atoms with Crippen LogP contribution in [0.1, 0.15) is 27.0 Å². The minimum Gasteiger partial charge on any atom is -0.497 e. The Kier molecular flexibility index (Phi) is 8.90. The summed E-state index contributed by atoms with van der Waals surface area (Å²) in [6.45, 7) is 2.91. The van der Waals surface area contributed by atoms with Crippen molar-refractivity contribution in [3.8, 4) is 16.2 Å². The van der Waals surface area contributed by atoms with Gasteiger partial charge in [-0.05, 0) is 71.3 Å². The third-order valence-electron chi connectivity index (χ3n) is 6.04. The van der Waals surface area contributed by atoms with Crippen LogP contribution in [0.2, 0.25) is 0 Å². The summed E-state index contributed by atoms with van der Waals surface area (Å²) in [7, 11) is 1.64. The van der Waals surface area contributed by atoms with Gasteiger partial charge in [0.25, 0.3) is 5.91 Å². The molecule has 6 heteroatoms. The van der Waals surface area contributed by atoms with Crippen LogP contribution in [0.15, 0.2) is 90.3 Å². The molecule has 0 aliphatic heterocycles. The van der Waals surface area contributed by atoms with Gasteiger partial charge in [0.2, 0.25) is 0 Å². The van der Waals surface area contributed by atoms with E-state index >= 15 is 0 Å². The second kappa shape index (κ2) is 12.5. The molecule has 0 saturated heterocycles. The van der Waals surface area contributed by atoms with Crippen molar-refractivity contribution in [1.29, 1.82) is 0 Å². The van der Waals surface area contributed by atoms with Crippen LogP contribution in [-0.2, 0) is 13.0 Å². The summed E-state index contributed by atoms with van der Waals surface area (Å²) in [5.74, 6) is 0.605. The Balaban J connectivity index is 1.46. The van der Waals surface area contributed by atoms with E-state index < -0.39 is 12.1 Å². The number of hydrogen-bond acceptors (Lipinski definition) is 5. The molecule has 0 bridgehead atoms. The number of benzene rings is 3. The van der Waals surface area contributed by atoms with Crippen LogP contribution in [0.3, 0.4) is 0 Å². The van der Waals surface area contributed by atoms with Crippen LogP contribution in [-0.4, -0.2) is 36.8 Å². The average Bonchev–Trinajstić information content (AvgIpc) is 3.44. The molecule has 0 spiro atoms. The summed E-state index contributed by atoms with van der Waals surface area (Å²) in [4.78, 5) is 14.5. The van der Waals surface area contributed by atoms with Gasteiger partial charge in [0, 0.05) is 23.5 Å². The van der Waals surface area contributed by atoms with E-state index in [4.69, 9.17) is 4.74 Å². The minimum absolute atomic E-state index is 0.190. The largest absolute Gasteiger partial charge is 0.497 e. The quantitative estimate of drug-likeness (QED) is 0.264. The number of aryl methyl sites for hydroxylation is 1. The molecule has 0 saturated carbocycles. The molecule has 0 radical (unpaired) electrons. The average molecular weight is 501 g/mol. The number of methoxy groups -OCH3 is 1. The van der Waals surface area contributed by atoms with Gasteiger partial charge in [0.1, 0.15) is 5.75 Å². The van der Waals surface area contributed by atoms with Crippen molar-refractivity contribution in [2.24, 2.45) is 0 Å². The van der Waals surface area contributed by atoms with Gasteiger partial charge in [-0.3, -0.25) is 4.79 Å². The maximum Gasteiger partial charge on any atom is 0.251 e. The summed E-state index contributed by atoms with van der Waals surface area (Å²) in [6, 6.07) is 27.2. The van der Waals surface area contributed by atoms with Gasteiger partial charge in [-0.15, -0.1) is 11.3 Å². The molecule has 3 aromatic carbocycles. The highest BCUT2D eigenvalue weighted by Gasteiger charge is 2.23. The van der Waals surface area contributed by atoms with Gasteiger partial charge in [-0.2, -0.15) is 0 Å². The molecule has 5 nitrogen and oxygen atoms in total. The van der Waals surface area contributed by atoms with Crippen LogP contribution in [0.25, 0.3) is 10.4 Å². The fourth-order valence-corrected chi connectivity index (χ4v) is 4.91. The molecule has 3 N–H and O–H groups in total. The van der Waals surface area contributed by atoms with Crippen LogP contribution in [0.5, 0.6) is 5.75 Å². The molecule has 0 aliphatic rings. The van der Waals surface area contributed by atoms with Gasteiger partial charge in [-0.25, -0.2) is 0 Å². The van der Waals surface area contributed by atoms with E-state index in [9.17, 15) is 9.90 Å². The molecule has 36 heavy (non-hydrogen) atoms. The molecule has 2 atom stereocenters. The van der Waals surface area contributed by atoms with Gasteiger partial charge >= 0.3 is 0 Å². The minimum atomic E-state index is -0.777. The highest BCUT2D eigenvalue weighted by Crippen LogP contribution is 2.27. The smallest absolute Gasteiger partial charge is 0.251 e. The van der Waals surface area contributed by atoms with Crippen LogP contribution in [0.4, 0.5) is 0 Å². The van der Waals surface area contributed by atoms with Gasteiger partial charge in [-0.1, -0.05) is 54.6 Å². The molecule has 2 unspecified atom stereocenters. The van der Waals surface area contributed by atoms with E-state index in [1.54, 1.807) is 18.4 Å². The predicted octanol–water partition coefficient (Wildman–Crippen LogP) is 5.22. The first-order valence-electron chi connectivity index (χ1n) is 12.0. The van der Waals surface area contributed by atoms with Crippen LogP contribution >= 0.6 is 11.3 Å². The van der Waals surface area contributed by atoms with Crippen molar-refractivity contribution in [1.82, 2.24) is 10.6 Å². The number of hydrogen-bond donors (Lipinski definition) is 3. The lowest BCUT2D eigenvalue weighted by Gasteiger charge is -2.25. The Morgan fingerprint density at radius 3 is 2.53 bits per heavy atom. The Labute approximate surface area is 216 Å². The van der Waals surface area contributed by atoms with Crippen molar-refractivity contribution in [2.75, 3.05) is 13.7 Å². The third-order valence-corrected chi connectivity index (χ3v) is 6.96. The summed E-state index contributed by atoms with van der Waals surface area (Å²) < 4.78 is 5.29. The Morgan fingerprint density at radius 2 is 1.78 bits per heavy atom. The Morgan fingerprint density at radius 1 is 0.972 bits per heavy atom. The van der Waals surface area contributed by atoms with Gasteiger partial charge in [0.15, 0.2) is 0 Å². The van der Waals surface area contributed by atoms with E-state index in [1.165, 1.54) is 0 Å². The fraction of sp³-hybridized carbons (Fsp3) is 0.233. The van der Waals surface area contributed by atoms with Gasteiger partial charge < -0.3 is 20.5 Å². The normalized spacial score (nSPS) is 12.6. The Bertz CT molecular complexity index is 1260. The van der Waals surface area contributed by atoms with Crippen molar-refractivity contribution < 1.29 is 14.6 Å². The van der Waals surface area contributed by atoms with E-state index in [2.05, 4.69) is 22.8 Å². The van der Waals surface area contributed by atoms with E-state index in [0.717, 1.165) is 32.9 Å². The second-order valence-corrected chi connectivity index (χ2v) is 9.83. The number of amides is 1. The maximum absolute atomic E-state index is 13.3. The highest BCUT2D eigenvalue weighted by molar-refractivity contribution is 7.13. The summed E-state index contributed by atoms with van der Waals surface area (Å²) in [5.41, 5.74) is 4.75. The zero-order valence-electron chi connectivity index (χ0n) is 20.6. The lowest BCUT2D eigenvalue weighted by molar-refractivity contribution is 0.0830. The molecule has 4 rings (SSSR count). The predicted molar refractivity (Wildman–Crippen MR) is 147 cm³/mol.